The first-order chi connectivity index (χ1) is 11.7. The summed E-state index contributed by atoms with van der Waals surface area (Å²) in [5.41, 5.74) is 0.860. The Balaban J connectivity index is 1.97. The number of fused-ring (bicyclic) bond motifs is 1. The molecule has 0 bridgehead atoms. The summed E-state index contributed by atoms with van der Waals surface area (Å²) < 4.78 is 9.90. The number of methoxy groups -OCH3 is 1. The number of nitrogens with one attached hydrogen (secondary N) is 1. The number of benzene rings is 2. The lowest BCUT2D eigenvalue weighted by atomic mass is 9.96. The molecule has 0 radical (unpaired) electrons. The Bertz CT molecular complexity index is 849. The van der Waals surface area contributed by atoms with Crippen LogP contribution in [0.4, 0.5) is 0 Å². The summed E-state index contributed by atoms with van der Waals surface area (Å²) in [6.07, 6.45) is 1.47. The van der Waals surface area contributed by atoms with Gasteiger partial charge in [-0.25, -0.2) is 0 Å². The Kier molecular flexibility index (Phi) is 4.61. The molecule has 0 saturated carbocycles. The van der Waals surface area contributed by atoms with Crippen molar-refractivity contribution in [3.63, 3.8) is 0 Å². The van der Waals surface area contributed by atoms with Crippen molar-refractivity contribution in [3.8, 4) is 0 Å². The summed E-state index contributed by atoms with van der Waals surface area (Å²) in [5.74, 6) is -0.570. The third kappa shape index (κ3) is 3.30. The lowest BCUT2D eigenvalue weighted by molar-refractivity contribution is -0.141. The van der Waals surface area contributed by atoms with E-state index >= 15 is 0 Å². The van der Waals surface area contributed by atoms with Crippen molar-refractivity contribution in [3.05, 3.63) is 72.2 Å². The van der Waals surface area contributed by atoms with Crippen molar-refractivity contribution in [1.29, 1.82) is 0 Å². The van der Waals surface area contributed by atoms with Gasteiger partial charge < -0.3 is 14.5 Å². The Morgan fingerprint density at radius 1 is 1.08 bits per heavy atom. The van der Waals surface area contributed by atoms with Gasteiger partial charge in [0.15, 0.2) is 5.76 Å². The van der Waals surface area contributed by atoms with Crippen LogP contribution in [0, 0.1) is 0 Å². The number of carbonyl (C=O) groups is 2. The summed E-state index contributed by atoms with van der Waals surface area (Å²) in [5, 5.41) is 4.88. The Labute approximate surface area is 139 Å². The van der Waals surface area contributed by atoms with Crippen molar-refractivity contribution in [2.75, 3.05) is 7.11 Å². The molecule has 0 aliphatic carbocycles. The molecular formula is C19H17NO4. The molecule has 24 heavy (non-hydrogen) atoms. The van der Waals surface area contributed by atoms with Crippen LogP contribution in [0.5, 0.6) is 0 Å². The van der Waals surface area contributed by atoms with Gasteiger partial charge in [0.25, 0.3) is 5.91 Å². The van der Waals surface area contributed by atoms with E-state index < -0.39 is 12.0 Å². The number of ether oxygens (including phenoxy) is 1. The normalized spacial score (nSPS) is 11.9. The zero-order chi connectivity index (χ0) is 16.9. The quantitative estimate of drug-likeness (QED) is 0.730. The minimum Gasteiger partial charge on any atom is -0.469 e. The number of hydrogen-bond acceptors (Lipinski definition) is 4. The standard InChI is InChI=1S/C19H17NO4/c1-23-18(21)12-16(20-19(22)17-10-5-11-24-17)15-9-4-7-13-6-2-3-8-14(13)15/h2-11,16H,12H2,1H3,(H,20,22). The zero-order valence-electron chi connectivity index (χ0n) is 13.2. The van der Waals surface area contributed by atoms with Gasteiger partial charge in [-0.3, -0.25) is 9.59 Å². The van der Waals surface area contributed by atoms with Crippen LogP contribution in [0.3, 0.4) is 0 Å². The number of furan rings is 1. The molecule has 0 saturated heterocycles. The maximum Gasteiger partial charge on any atom is 0.307 e. The summed E-state index contributed by atoms with van der Waals surface area (Å²) in [6, 6.07) is 16.3. The van der Waals surface area contributed by atoms with Gasteiger partial charge in [0, 0.05) is 0 Å². The SMILES string of the molecule is COC(=O)CC(NC(=O)c1ccco1)c1cccc2ccccc12. The molecule has 1 heterocycles. The van der Waals surface area contributed by atoms with E-state index in [0.29, 0.717) is 0 Å². The first-order valence-corrected chi connectivity index (χ1v) is 7.58. The maximum absolute atomic E-state index is 12.3. The topological polar surface area (TPSA) is 68.5 Å². The molecule has 3 rings (SSSR count). The number of hydrogen-bond donors (Lipinski definition) is 1. The third-order valence-electron chi connectivity index (χ3n) is 3.85. The van der Waals surface area contributed by atoms with Crippen LogP contribution in [0.2, 0.25) is 0 Å². The highest BCUT2D eigenvalue weighted by Gasteiger charge is 2.22. The molecule has 2 aromatic carbocycles. The minimum absolute atomic E-state index is 0.0386. The molecule has 1 amide bonds. The van der Waals surface area contributed by atoms with Crippen LogP contribution in [0.1, 0.15) is 28.6 Å². The summed E-state index contributed by atoms with van der Waals surface area (Å²) >= 11 is 0. The monoisotopic (exact) mass is 323 g/mol. The van der Waals surface area contributed by atoms with E-state index in [2.05, 4.69) is 5.32 Å². The smallest absolute Gasteiger partial charge is 0.307 e. The fourth-order valence-corrected chi connectivity index (χ4v) is 2.68. The van der Waals surface area contributed by atoms with Gasteiger partial charge in [-0.05, 0) is 28.5 Å². The number of carbonyl (C=O) groups excluding carboxylic acids is 2. The largest absolute Gasteiger partial charge is 0.469 e. The van der Waals surface area contributed by atoms with Crippen LogP contribution >= 0.6 is 0 Å². The maximum atomic E-state index is 12.3. The number of amides is 1. The Morgan fingerprint density at radius 3 is 2.62 bits per heavy atom. The predicted molar refractivity (Wildman–Crippen MR) is 89.5 cm³/mol. The van der Waals surface area contributed by atoms with Gasteiger partial charge in [0.2, 0.25) is 0 Å². The lowest BCUT2D eigenvalue weighted by Gasteiger charge is -2.19. The van der Waals surface area contributed by atoms with E-state index in [0.717, 1.165) is 16.3 Å². The molecule has 1 unspecified atom stereocenters. The van der Waals surface area contributed by atoms with Gasteiger partial charge >= 0.3 is 5.97 Å². The van der Waals surface area contributed by atoms with Crippen LogP contribution < -0.4 is 5.32 Å². The average Bonchev–Trinajstić information content (AvgIpc) is 3.15. The molecule has 0 spiro atoms. The molecule has 1 N–H and O–H groups in total. The van der Waals surface area contributed by atoms with Gasteiger partial charge in [-0.15, -0.1) is 0 Å². The lowest BCUT2D eigenvalue weighted by Crippen LogP contribution is -2.30. The fourth-order valence-electron chi connectivity index (χ4n) is 2.68. The average molecular weight is 323 g/mol. The first-order valence-electron chi connectivity index (χ1n) is 7.58. The molecule has 3 aromatic rings. The second-order valence-electron chi connectivity index (χ2n) is 5.35. The molecule has 122 valence electrons. The molecule has 1 atom stereocenters. The van der Waals surface area contributed by atoms with Crippen molar-refractivity contribution >= 4 is 22.6 Å². The Hall–Kier alpha value is -3.08. The third-order valence-corrected chi connectivity index (χ3v) is 3.85. The highest BCUT2D eigenvalue weighted by Crippen LogP contribution is 2.27. The first kappa shape index (κ1) is 15.8. The van der Waals surface area contributed by atoms with Crippen molar-refractivity contribution in [1.82, 2.24) is 5.32 Å². The van der Waals surface area contributed by atoms with E-state index in [9.17, 15) is 9.59 Å². The van der Waals surface area contributed by atoms with E-state index in [4.69, 9.17) is 9.15 Å². The highest BCUT2D eigenvalue weighted by atomic mass is 16.5. The highest BCUT2D eigenvalue weighted by molar-refractivity contribution is 5.93. The van der Waals surface area contributed by atoms with E-state index in [-0.39, 0.29) is 18.1 Å². The molecule has 5 nitrogen and oxygen atoms in total. The van der Waals surface area contributed by atoms with Crippen LogP contribution in [-0.4, -0.2) is 19.0 Å². The van der Waals surface area contributed by atoms with Crippen molar-refractivity contribution in [2.45, 2.75) is 12.5 Å². The van der Waals surface area contributed by atoms with E-state index in [1.54, 1.807) is 12.1 Å². The van der Waals surface area contributed by atoms with Crippen LogP contribution in [0.15, 0.2) is 65.3 Å². The van der Waals surface area contributed by atoms with Gasteiger partial charge in [0.05, 0.1) is 25.8 Å². The van der Waals surface area contributed by atoms with Crippen molar-refractivity contribution in [2.24, 2.45) is 0 Å². The van der Waals surface area contributed by atoms with E-state index in [1.807, 2.05) is 42.5 Å². The van der Waals surface area contributed by atoms with Crippen LogP contribution in [-0.2, 0) is 9.53 Å². The fraction of sp³-hybridized carbons (Fsp3) is 0.158. The van der Waals surface area contributed by atoms with Crippen molar-refractivity contribution < 1.29 is 18.7 Å². The molecule has 0 aliphatic heterocycles. The second-order valence-corrected chi connectivity index (χ2v) is 5.35. The van der Waals surface area contributed by atoms with Crippen LogP contribution in [0.25, 0.3) is 10.8 Å². The predicted octanol–water partition coefficient (Wildman–Crippen LogP) is 3.47. The molecule has 1 aromatic heterocycles. The molecular weight excluding hydrogens is 306 g/mol. The summed E-state index contributed by atoms with van der Waals surface area (Å²) in [4.78, 5) is 24.1. The molecule has 5 heteroatoms. The van der Waals surface area contributed by atoms with Gasteiger partial charge in [0.1, 0.15) is 0 Å². The second kappa shape index (κ2) is 7.00. The minimum atomic E-state index is -0.513. The zero-order valence-corrected chi connectivity index (χ0v) is 13.2. The van der Waals surface area contributed by atoms with E-state index in [1.165, 1.54) is 13.4 Å². The number of esters is 1. The van der Waals surface area contributed by atoms with Gasteiger partial charge in [-0.2, -0.15) is 0 Å². The summed E-state index contributed by atoms with van der Waals surface area (Å²) in [7, 11) is 1.33. The molecule has 0 aliphatic rings. The molecule has 0 fully saturated rings. The summed E-state index contributed by atoms with van der Waals surface area (Å²) in [6.45, 7) is 0. The number of rotatable bonds is 5. The van der Waals surface area contributed by atoms with Gasteiger partial charge in [-0.1, -0.05) is 42.5 Å². The Morgan fingerprint density at radius 2 is 1.88 bits per heavy atom.